The van der Waals surface area contributed by atoms with Crippen molar-refractivity contribution in [3.05, 3.63) is 20.9 Å². The zero-order valence-corrected chi connectivity index (χ0v) is 15.9. The Morgan fingerprint density at radius 3 is 1.76 bits per heavy atom. The summed E-state index contributed by atoms with van der Waals surface area (Å²) in [7, 11) is 0. The Hall–Kier alpha value is -3.54. The van der Waals surface area contributed by atoms with E-state index in [9.17, 15) is 19.2 Å². The number of hydrogen-bond acceptors (Lipinski definition) is 11. The normalized spacial score (nSPS) is 28.0. The Kier molecular flexibility index (Phi) is 8.21. The first kappa shape index (κ1) is 23.5. The van der Waals surface area contributed by atoms with E-state index in [0.717, 1.165) is 27.7 Å². The van der Waals surface area contributed by atoms with Crippen LogP contribution in [-0.2, 0) is 42.9 Å². The zero-order valence-electron chi connectivity index (χ0n) is 15.9. The highest BCUT2D eigenvalue weighted by molar-refractivity contribution is 5.68. The topological polar surface area (TPSA) is 212 Å². The number of nitrogens with zero attached hydrogens (tertiary/aromatic N) is 6. The Labute approximate surface area is 163 Å². The highest BCUT2D eigenvalue weighted by Crippen LogP contribution is 2.38. The van der Waals surface area contributed by atoms with Crippen LogP contribution in [0.25, 0.3) is 20.9 Å². The molecule has 1 aliphatic rings. The van der Waals surface area contributed by atoms with Crippen molar-refractivity contribution >= 4 is 23.9 Å². The molecule has 15 nitrogen and oxygen atoms in total. The van der Waals surface area contributed by atoms with Crippen LogP contribution in [-0.4, -0.2) is 60.7 Å². The van der Waals surface area contributed by atoms with Gasteiger partial charge in [-0.3, -0.25) is 19.2 Å². The average molecular weight is 414 g/mol. The van der Waals surface area contributed by atoms with Crippen molar-refractivity contribution in [1.82, 2.24) is 0 Å². The van der Waals surface area contributed by atoms with E-state index in [1.165, 1.54) is 0 Å². The number of rotatable bonds is 7. The van der Waals surface area contributed by atoms with Crippen molar-refractivity contribution in [2.45, 2.75) is 58.0 Å². The van der Waals surface area contributed by atoms with Gasteiger partial charge in [0.1, 0.15) is 12.7 Å². The van der Waals surface area contributed by atoms with Gasteiger partial charge >= 0.3 is 23.9 Å². The molecule has 1 aliphatic heterocycles. The molecule has 0 N–H and O–H groups in total. The fourth-order valence-corrected chi connectivity index (χ4v) is 2.57. The van der Waals surface area contributed by atoms with Crippen LogP contribution in [0.1, 0.15) is 27.7 Å². The number of hydrogen-bond donors (Lipinski definition) is 0. The van der Waals surface area contributed by atoms with Crippen molar-refractivity contribution < 1.29 is 42.9 Å². The van der Waals surface area contributed by atoms with E-state index in [4.69, 9.17) is 34.7 Å². The molecule has 0 aromatic carbocycles. The molecule has 0 aliphatic carbocycles. The molecule has 1 rings (SSSR count). The predicted molar refractivity (Wildman–Crippen MR) is 89.2 cm³/mol. The first-order valence-corrected chi connectivity index (χ1v) is 8.01. The first-order chi connectivity index (χ1) is 13.6. The second-order valence-electron chi connectivity index (χ2n) is 5.67. The molecule has 1 fully saturated rings. The third kappa shape index (κ3) is 6.24. The second kappa shape index (κ2) is 10.1. The number of ether oxygens (including phenoxy) is 5. The molecule has 4 atom stereocenters. The van der Waals surface area contributed by atoms with Crippen molar-refractivity contribution in [1.29, 1.82) is 0 Å². The second-order valence-corrected chi connectivity index (χ2v) is 5.67. The maximum Gasteiger partial charge on any atom is 0.303 e. The Morgan fingerprint density at radius 1 is 0.862 bits per heavy atom. The summed E-state index contributed by atoms with van der Waals surface area (Å²) < 4.78 is 25.6. The summed E-state index contributed by atoms with van der Waals surface area (Å²) in [6, 6.07) is 0. The molecule has 0 unspecified atom stereocenters. The molecule has 1 saturated heterocycles. The van der Waals surface area contributed by atoms with Gasteiger partial charge in [0.2, 0.25) is 0 Å². The molecule has 1 heterocycles. The van der Waals surface area contributed by atoms with Crippen LogP contribution >= 0.6 is 0 Å². The predicted octanol–water partition coefficient (Wildman–Crippen LogP) is 1.02. The van der Waals surface area contributed by atoms with Gasteiger partial charge < -0.3 is 23.7 Å². The molecule has 158 valence electrons. The molecule has 29 heavy (non-hydrogen) atoms. The van der Waals surface area contributed by atoms with E-state index in [2.05, 4.69) is 20.1 Å². The largest absolute Gasteiger partial charge is 0.463 e. The van der Waals surface area contributed by atoms with E-state index < -0.39 is 60.7 Å². The Bertz CT molecular complexity index is 756. The Morgan fingerprint density at radius 2 is 1.34 bits per heavy atom. The van der Waals surface area contributed by atoms with Crippen LogP contribution in [0.15, 0.2) is 10.2 Å². The lowest BCUT2D eigenvalue weighted by Gasteiger charge is -2.47. The standard InChI is InChI=1S/C14H18N6O9/c1-6(21)25-5-10-11(26-7(2)22)12(27-8(3)23)13(28-9(4)24)14(29-10,17-19-15)18-20-16/h10-13H,5H2,1-4H3/t10-,11-,12+,13+/m1/s1. The molecule has 0 aromatic heterocycles. The van der Waals surface area contributed by atoms with E-state index in [0.29, 0.717) is 0 Å². The highest BCUT2D eigenvalue weighted by atomic mass is 16.7. The van der Waals surface area contributed by atoms with Gasteiger partial charge in [0.05, 0.1) is 0 Å². The van der Waals surface area contributed by atoms with Crippen LogP contribution in [0.2, 0.25) is 0 Å². The highest BCUT2D eigenvalue weighted by Gasteiger charge is 2.60. The lowest BCUT2D eigenvalue weighted by Crippen LogP contribution is -2.66. The van der Waals surface area contributed by atoms with Crippen molar-refractivity contribution in [3.63, 3.8) is 0 Å². The third-order valence-electron chi connectivity index (χ3n) is 3.41. The van der Waals surface area contributed by atoms with E-state index in [1.807, 2.05) is 0 Å². The maximum absolute atomic E-state index is 11.6. The molecule has 0 spiro atoms. The average Bonchev–Trinajstić information content (AvgIpc) is 2.58. The van der Waals surface area contributed by atoms with E-state index in [1.54, 1.807) is 0 Å². The van der Waals surface area contributed by atoms with Crippen LogP contribution in [0.4, 0.5) is 0 Å². The van der Waals surface area contributed by atoms with Crippen molar-refractivity contribution in [2.75, 3.05) is 6.61 Å². The molecular formula is C14H18N6O9. The minimum Gasteiger partial charge on any atom is -0.463 e. The van der Waals surface area contributed by atoms with Gasteiger partial charge in [0.15, 0.2) is 18.3 Å². The fraction of sp³-hybridized carbons (Fsp3) is 0.714. The van der Waals surface area contributed by atoms with Crippen LogP contribution < -0.4 is 0 Å². The van der Waals surface area contributed by atoms with Crippen LogP contribution in [0, 0.1) is 0 Å². The van der Waals surface area contributed by atoms with Gasteiger partial charge in [-0.05, 0) is 21.3 Å². The number of azide groups is 1. The summed E-state index contributed by atoms with van der Waals surface area (Å²) in [5.41, 5.74) is 17.8. The molecular weight excluding hydrogens is 396 g/mol. The number of carbonyl (C=O) groups excluding carboxylic acids is 4. The molecule has 0 aromatic rings. The van der Waals surface area contributed by atoms with Gasteiger partial charge in [0, 0.05) is 37.5 Å². The van der Waals surface area contributed by atoms with E-state index in [-0.39, 0.29) is 0 Å². The SMILES string of the molecule is CC(=O)OC[C@H]1OC(N=[N+]=[N-])(N=[N+]=[N-])[C@@H](OC(C)=O)[C@@H](OC(C)=O)[C@@H]1OC(C)=O. The molecule has 0 bridgehead atoms. The molecule has 15 heteroatoms. The number of carbonyl (C=O) groups is 4. The summed E-state index contributed by atoms with van der Waals surface area (Å²) in [5, 5.41) is 6.55. The van der Waals surface area contributed by atoms with Crippen LogP contribution in [0.5, 0.6) is 0 Å². The minimum atomic E-state index is -2.57. The monoisotopic (exact) mass is 414 g/mol. The van der Waals surface area contributed by atoms with Crippen molar-refractivity contribution in [3.8, 4) is 0 Å². The first-order valence-electron chi connectivity index (χ1n) is 8.01. The summed E-state index contributed by atoms with van der Waals surface area (Å²) >= 11 is 0. The van der Waals surface area contributed by atoms with Gasteiger partial charge in [-0.1, -0.05) is 0 Å². The number of esters is 4. The molecule has 0 amide bonds. The smallest absolute Gasteiger partial charge is 0.303 e. The van der Waals surface area contributed by atoms with Crippen LogP contribution in [0.3, 0.4) is 0 Å². The fourth-order valence-electron chi connectivity index (χ4n) is 2.57. The minimum absolute atomic E-state index is 0.568. The van der Waals surface area contributed by atoms with Gasteiger partial charge in [0.25, 0.3) is 5.85 Å². The van der Waals surface area contributed by atoms with E-state index >= 15 is 0 Å². The van der Waals surface area contributed by atoms with Crippen molar-refractivity contribution in [2.24, 2.45) is 10.2 Å². The molecule has 0 saturated carbocycles. The summed E-state index contributed by atoms with van der Waals surface area (Å²) in [4.78, 5) is 51.1. The lowest BCUT2D eigenvalue weighted by atomic mass is 9.94. The summed E-state index contributed by atoms with van der Waals surface area (Å²) in [5.74, 6) is -5.99. The quantitative estimate of drug-likeness (QED) is 0.191. The van der Waals surface area contributed by atoms with Gasteiger partial charge in [-0.2, -0.15) is 0 Å². The van der Waals surface area contributed by atoms with Gasteiger partial charge in [-0.15, -0.1) is 0 Å². The zero-order chi connectivity index (χ0) is 22.2. The third-order valence-corrected chi connectivity index (χ3v) is 3.41. The lowest BCUT2D eigenvalue weighted by molar-refractivity contribution is -0.282. The summed E-state index contributed by atoms with van der Waals surface area (Å²) in [6.45, 7) is 3.55. The maximum atomic E-state index is 11.6. The Balaban J connectivity index is 3.63. The molecule has 0 radical (unpaired) electrons. The summed E-state index contributed by atoms with van der Waals surface area (Å²) in [6.07, 6.45) is -6.36. The van der Waals surface area contributed by atoms with Gasteiger partial charge in [-0.25, -0.2) is 0 Å².